The van der Waals surface area contributed by atoms with Gasteiger partial charge in [0.1, 0.15) is 6.04 Å². The molecule has 0 fully saturated rings. The van der Waals surface area contributed by atoms with Crippen LogP contribution < -0.4 is 5.32 Å². The van der Waals surface area contributed by atoms with E-state index in [0.717, 1.165) is 28.8 Å². The molecule has 5 rings (SSSR count). The fraction of sp³-hybridized carbons (Fsp3) is 0.304. The molecule has 1 aliphatic carbocycles. The lowest BCUT2D eigenvalue weighted by atomic mass is 9.73. The van der Waals surface area contributed by atoms with Gasteiger partial charge in [-0.25, -0.2) is 4.68 Å². The van der Waals surface area contributed by atoms with Crippen molar-refractivity contribution in [2.24, 2.45) is 5.41 Å². The number of carbonyl (C=O) groups excluding carboxylic acids is 1. The number of Topliss-reactive ketones (excluding diaryl/α,β-unsaturated/α-hetero) is 1. The van der Waals surface area contributed by atoms with Gasteiger partial charge in [0.25, 0.3) is 0 Å². The van der Waals surface area contributed by atoms with E-state index in [9.17, 15) is 4.79 Å². The van der Waals surface area contributed by atoms with Crippen LogP contribution in [0.25, 0.3) is 11.4 Å². The molecular weight excluding hydrogens is 362 g/mol. The van der Waals surface area contributed by atoms with Crippen molar-refractivity contribution in [1.82, 2.24) is 19.7 Å². The minimum Gasteiger partial charge on any atom is -0.328 e. The Balaban J connectivity index is 1.67. The van der Waals surface area contributed by atoms with E-state index in [1.165, 1.54) is 5.56 Å². The van der Waals surface area contributed by atoms with E-state index in [0.29, 0.717) is 18.2 Å². The molecule has 2 aliphatic rings. The normalized spacial score (nSPS) is 20.1. The highest BCUT2D eigenvalue weighted by Gasteiger charge is 2.41. The summed E-state index contributed by atoms with van der Waals surface area (Å²) in [7, 11) is 0. The number of pyridine rings is 1. The van der Waals surface area contributed by atoms with Gasteiger partial charge in [-0.2, -0.15) is 4.98 Å². The second-order valence-corrected chi connectivity index (χ2v) is 8.71. The monoisotopic (exact) mass is 385 g/mol. The zero-order valence-corrected chi connectivity index (χ0v) is 16.8. The predicted molar refractivity (Wildman–Crippen MR) is 111 cm³/mol. The van der Waals surface area contributed by atoms with Gasteiger partial charge in [0.05, 0.1) is 0 Å². The molecule has 6 nitrogen and oxygen atoms in total. The van der Waals surface area contributed by atoms with Gasteiger partial charge in [-0.1, -0.05) is 43.7 Å². The molecule has 1 aliphatic heterocycles. The third-order valence-corrected chi connectivity index (χ3v) is 5.66. The van der Waals surface area contributed by atoms with Crippen molar-refractivity contribution in [2.75, 3.05) is 5.32 Å². The summed E-state index contributed by atoms with van der Waals surface area (Å²) in [4.78, 5) is 22.1. The summed E-state index contributed by atoms with van der Waals surface area (Å²) in [5.74, 6) is 1.49. The Morgan fingerprint density at radius 1 is 1.07 bits per heavy atom. The average molecular weight is 385 g/mol. The Morgan fingerprint density at radius 2 is 1.79 bits per heavy atom. The van der Waals surface area contributed by atoms with Gasteiger partial charge in [-0.05, 0) is 36.5 Å². The molecular formula is C23H23N5O. The molecule has 6 heteroatoms. The lowest BCUT2D eigenvalue weighted by molar-refractivity contribution is -0.118. The number of allylic oxidation sites excluding steroid dienone is 2. The molecule has 3 aromatic rings. The van der Waals surface area contributed by atoms with Gasteiger partial charge >= 0.3 is 0 Å². The summed E-state index contributed by atoms with van der Waals surface area (Å²) < 4.78 is 1.85. The Morgan fingerprint density at radius 3 is 2.52 bits per heavy atom. The van der Waals surface area contributed by atoms with Crippen LogP contribution in [0.1, 0.15) is 43.9 Å². The molecule has 2 aromatic heterocycles. The zero-order valence-electron chi connectivity index (χ0n) is 16.8. The van der Waals surface area contributed by atoms with Crippen LogP contribution in [0.4, 0.5) is 5.95 Å². The lowest BCUT2D eigenvalue weighted by Gasteiger charge is -2.38. The van der Waals surface area contributed by atoms with Crippen LogP contribution in [0.15, 0.2) is 60.1 Å². The Labute approximate surface area is 169 Å². The summed E-state index contributed by atoms with van der Waals surface area (Å²) in [5.41, 5.74) is 4.82. The van der Waals surface area contributed by atoms with Crippen molar-refractivity contribution in [3.63, 3.8) is 0 Å². The lowest BCUT2D eigenvalue weighted by Crippen LogP contribution is -2.36. The minimum absolute atomic E-state index is 0.0757. The first-order valence-electron chi connectivity index (χ1n) is 9.88. The molecule has 0 saturated heterocycles. The van der Waals surface area contributed by atoms with Crippen LogP contribution in [-0.2, 0) is 4.79 Å². The molecule has 1 aromatic carbocycles. The number of hydrogen-bond acceptors (Lipinski definition) is 5. The van der Waals surface area contributed by atoms with Gasteiger partial charge in [-0.15, -0.1) is 5.10 Å². The van der Waals surface area contributed by atoms with E-state index in [1.807, 2.05) is 28.9 Å². The van der Waals surface area contributed by atoms with Crippen LogP contribution in [0.3, 0.4) is 0 Å². The minimum atomic E-state index is -0.292. The number of anilines is 1. The highest BCUT2D eigenvalue weighted by molar-refractivity contribution is 6.00. The topological polar surface area (TPSA) is 72.7 Å². The van der Waals surface area contributed by atoms with E-state index in [2.05, 4.69) is 43.2 Å². The molecule has 1 N–H and O–H groups in total. The number of nitrogens with one attached hydrogen (secondary N) is 1. The maximum absolute atomic E-state index is 13.2. The maximum atomic E-state index is 13.2. The van der Waals surface area contributed by atoms with Crippen molar-refractivity contribution in [2.45, 2.75) is 39.7 Å². The molecule has 3 heterocycles. The van der Waals surface area contributed by atoms with Gasteiger partial charge in [-0.3, -0.25) is 9.78 Å². The van der Waals surface area contributed by atoms with Gasteiger partial charge in [0.2, 0.25) is 5.95 Å². The van der Waals surface area contributed by atoms with Gasteiger partial charge < -0.3 is 5.32 Å². The summed E-state index contributed by atoms with van der Waals surface area (Å²) in [6, 6.07) is 11.8. The first-order valence-corrected chi connectivity index (χ1v) is 9.88. The van der Waals surface area contributed by atoms with E-state index >= 15 is 0 Å². The number of ketones is 1. The number of hydrogen-bond donors (Lipinski definition) is 1. The fourth-order valence-electron chi connectivity index (χ4n) is 4.29. The van der Waals surface area contributed by atoms with Crippen molar-refractivity contribution in [3.8, 4) is 11.4 Å². The smallest absolute Gasteiger partial charge is 0.226 e. The van der Waals surface area contributed by atoms with Crippen molar-refractivity contribution >= 4 is 11.7 Å². The van der Waals surface area contributed by atoms with Crippen molar-refractivity contribution in [3.05, 3.63) is 71.2 Å². The quantitative estimate of drug-likeness (QED) is 0.712. The number of carbonyl (C=O) groups is 1. The maximum Gasteiger partial charge on any atom is 0.226 e. The van der Waals surface area contributed by atoms with Crippen LogP contribution >= 0.6 is 0 Å². The van der Waals surface area contributed by atoms with Crippen molar-refractivity contribution in [1.29, 1.82) is 0 Å². The molecule has 146 valence electrons. The number of aryl methyl sites for hydroxylation is 1. The molecule has 0 amide bonds. The SMILES string of the molecule is Cc1ccc(-c2nc3n(n2)C(c2ccncc2)C2=C(CC(C)(C)CC2=O)N3)cc1. The summed E-state index contributed by atoms with van der Waals surface area (Å²) in [6.45, 7) is 6.32. The van der Waals surface area contributed by atoms with Crippen molar-refractivity contribution < 1.29 is 4.79 Å². The van der Waals surface area contributed by atoms with Gasteiger partial charge in [0.15, 0.2) is 11.6 Å². The molecule has 1 atom stereocenters. The van der Waals surface area contributed by atoms with Crippen LogP contribution in [0.2, 0.25) is 0 Å². The summed E-state index contributed by atoms with van der Waals surface area (Å²) in [6.07, 6.45) is 4.85. The predicted octanol–water partition coefficient (Wildman–Crippen LogP) is 4.31. The van der Waals surface area contributed by atoms with E-state index in [4.69, 9.17) is 10.1 Å². The summed E-state index contributed by atoms with van der Waals surface area (Å²) >= 11 is 0. The largest absolute Gasteiger partial charge is 0.328 e. The first-order chi connectivity index (χ1) is 13.9. The Hall–Kier alpha value is -3.28. The fourth-order valence-corrected chi connectivity index (χ4v) is 4.29. The molecule has 0 bridgehead atoms. The van der Waals surface area contributed by atoms with Crippen LogP contribution in [0.5, 0.6) is 0 Å². The average Bonchev–Trinajstić information content (AvgIpc) is 3.10. The molecule has 0 spiro atoms. The molecule has 0 radical (unpaired) electrons. The van der Waals surface area contributed by atoms with Crippen LogP contribution in [-0.4, -0.2) is 25.5 Å². The van der Waals surface area contributed by atoms with Crippen LogP contribution in [0, 0.1) is 12.3 Å². The molecule has 29 heavy (non-hydrogen) atoms. The number of nitrogens with zero attached hydrogens (tertiary/aromatic N) is 4. The highest BCUT2D eigenvalue weighted by atomic mass is 16.1. The molecule has 1 unspecified atom stereocenters. The molecule has 0 saturated carbocycles. The highest BCUT2D eigenvalue weighted by Crippen LogP contribution is 2.45. The van der Waals surface area contributed by atoms with E-state index < -0.39 is 0 Å². The number of benzene rings is 1. The van der Waals surface area contributed by atoms with E-state index in [1.54, 1.807) is 12.4 Å². The second kappa shape index (κ2) is 6.37. The third kappa shape index (κ3) is 3.05. The number of fused-ring (bicyclic) bond motifs is 1. The van der Waals surface area contributed by atoms with E-state index in [-0.39, 0.29) is 17.2 Å². The first kappa shape index (κ1) is 17.8. The second-order valence-electron chi connectivity index (χ2n) is 8.71. The van der Waals surface area contributed by atoms with Gasteiger partial charge in [0, 0.05) is 35.6 Å². The third-order valence-electron chi connectivity index (χ3n) is 5.66. The number of rotatable bonds is 2. The standard InChI is InChI=1S/C23H23N5O/c1-14-4-6-16(7-5-14)21-26-22-25-17-12-23(2,3)13-18(29)19(17)20(28(22)27-21)15-8-10-24-11-9-15/h4-11,20H,12-13H2,1-3H3,(H,25,26,27). The summed E-state index contributed by atoms with van der Waals surface area (Å²) in [5, 5.41) is 8.23. The zero-order chi connectivity index (χ0) is 20.2. The number of aromatic nitrogens is 4. The Bertz CT molecular complexity index is 1130. The Kier molecular flexibility index (Phi) is 3.91.